The highest BCUT2D eigenvalue weighted by molar-refractivity contribution is 6.55. The summed E-state index contributed by atoms with van der Waals surface area (Å²) >= 11 is 0. The molecule has 0 saturated carbocycles. The number of hydrogen-bond donors (Lipinski definition) is 3. The molecule has 0 radical (unpaired) electrons. The van der Waals surface area contributed by atoms with Gasteiger partial charge in [0.1, 0.15) is 0 Å². The van der Waals surface area contributed by atoms with Gasteiger partial charge in [-0.05, 0) is 6.42 Å². The van der Waals surface area contributed by atoms with E-state index in [0.717, 1.165) is 6.42 Å². The Morgan fingerprint density at radius 3 is 2.44 bits per heavy atom. The molecule has 0 aliphatic rings. The highest BCUT2D eigenvalue weighted by atomic mass is 28.4. The highest BCUT2D eigenvalue weighted by Crippen LogP contribution is 1.88. The summed E-state index contributed by atoms with van der Waals surface area (Å²) in [5.74, 6) is 0. The largest absolute Gasteiger partial charge is 0.509 e. The van der Waals surface area contributed by atoms with Crippen LogP contribution in [0.15, 0.2) is 0 Å². The molecule has 5 heteroatoms. The molecule has 0 spiro atoms. The van der Waals surface area contributed by atoms with Crippen LogP contribution in [0.1, 0.15) is 13.3 Å². The summed E-state index contributed by atoms with van der Waals surface area (Å²) < 4.78 is 4.47. The van der Waals surface area contributed by atoms with Crippen LogP contribution in [-0.4, -0.2) is 24.9 Å². The molecule has 0 aliphatic carbocycles. The number of hydroxylamine groups is 1. The Morgan fingerprint density at radius 1 is 1.56 bits per heavy atom. The quantitative estimate of drug-likeness (QED) is 0.287. The summed E-state index contributed by atoms with van der Waals surface area (Å²) in [6.45, 7) is 3.88. The van der Waals surface area contributed by atoms with E-state index >= 15 is 0 Å². The molecular formula is C4H13NO3Si. The van der Waals surface area contributed by atoms with Gasteiger partial charge in [0, 0.05) is 13.1 Å². The minimum atomic E-state index is -3.31. The van der Waals surface area contributed by atoms with Gasteiger partial charge in [-0.3, -0.25) is 4.53 Å². The fraction of sp³-hybridized carbons (Fsp3) is 1.00. The predicted molar refractivity (Wildman–Crippen MR) is 35.4 cm³/mol. The van der Waals surface area contributed by atoms with Gasteiger partial charge in [-0.15, -0.1) is 0 Å². The Kier molecular flexibility index (Phi) is 3.99. The summed E-state index contributed by atoms with van der Waals surface area (Å²) in [7, 11) is -3.31. The Balaban J connectivity index is 3.07. The van der Waals surface area contributed by atoms with E-state index in [4.69, 9.17) is 9.59 Å². The second-order valence-corrected chi connectivity index (χ2v) is 4.00. The summed E-state index contributed by atoms with van der Waals surface area (Å²) in [6, 6.07) is 0. The van der Waals surface area contributed by atoms with E-state index < -0.39 is 8.80 Å². The van der Waals surface area contributed by atoms with E-state index in [1.165, 1.54) is 6.55 Å². The molecule has 56 valence electrons. The van der Waals surface area contributed by atoms with Crippen LogP contribution in [0.25, 0.3) is 0 Å². The lowest BCUT2D eigenvalue weighted by molar-refractivity contribution is 0.0853. The average molecular weight is 151 g/mol. The van der Waals surface area contributed by atoms with Gasteiger partial charge in [0.15, 0.2) is 0 Å². The van der Waals surface area contributed by atoms with Gasteiger partial charge in [-0.25, -0.2) is 5.48 Å². The van der Waals surface area contributed by atoms with Crippen LogP contribution in [0, 0.1) is 0 Å². The topological polar surface area (TPSA) is 61.7 Å². The van der Waals surface area contributed by atoms with E-state index in [-0.39, 0.29) is 0 Å². The van der Waals surface area contributed by atoms with Crippen molar-refractivity contribution in [2.75, 3.05) is 6.54 Å². The molecule has 0 unspecified atom stereocenters. The molecule has 9 heavy (non-hydrogen) atoms. The van der Waals surface area contributed by atoms with Crippen molar-refractivity contribution in [2.24, 2.45) is 0 Å². The molecule has 0 heterocycles. The Morgan fingerprint density at radius 2 is 2.11 bits per heavy atom. The fourth-order valence-electron chi connectivity index (χ4n) is 0.290. The molecular weight excluding hydrogens is 138 g/mol. The monoisotopic (exact) mass is 151 g/mol. The summed E-state index contributed by atoms with van der Waals surface area (Å²) in [5.41, 5.74) is 2.44. The van der Waals surface area contributed by atoms with E-state index in [2.05, 4.69) is 10.0 Å². The smallest absolute Gasteiger partial charge is 0.389 e. The average Bonchev–Trinajstić information content (AvgIpc) is 1.63. The predicted octanol–water partition coefficient (Wildman–Crippen LogP) is -0.529. The molecule has 4 nitrogen and oxygen atoms in total. The third kappa shape index (κ3) is 8.06. The molecule has 0 aromatic carbocycles. The van der Waals surface area contributed by atoms with Gasteiger partial charge in [-0.1, -0.05) is 6.92 Å². The Hall–Kier alpha value is 0.0569. The molecule has 0 rings (SSSR count). The van der Waals surface area contributed by atoms with Crippen molar-refractivity contribution in [3.05, 3.63) is 0 Å². The standard InChI is InChI=1S/C4H13NO3Si/c1-3-4-5-8-9(2,6)7/h5-7H,3-4H2,1-2H3. The van der Waals surface area contributed by atoms with Gasteiger partial charge in [0.2, 0.25) is 0 Å². The van der Waals surface area contributed by atoms with Crippen molar-refractivity contribution in [1.82, 2.24) is 5.48 Å². The molecule has 0 atom stereocenters. The van der Waals surface area contributed by atoms with Crippen LogP contribution >= 0.6 is 0 Å². The zero-order valence-corrected chi connectivity index (χ0v) is 6.72. The minimum absolute atomic E-state index is 0.643. The van der Waals surface area contributed by atoms with E-state index in [1.807, 2.05) is 6.92 Å². The van der Waals surface area contributed by atoms with Gasteiger partial charge in [-0.2, -0.15) is 0 Å². The fourth-order valence-corrected chi connectivity index (χ4v) is 0.665. The number of nitrogens with one attached hydrogen (secondary N) is 1. The van der Waals surface area contributed by atoms with Gasteiger partial charge in [0.25, 0.3) is 0 Å². The van der Waals surface area contributed by atoms with Crippen LogP contribution in [-0.2, 0) is 4.53 Å². The first-order valence-corrected chi connectivity index (χ1v) is 5.22. The van der Waals surface area contributed by atoms with Crippen LogP contribution in [0.5, 0.6) is 0 Å². The molecule has 0 aliphatic heterocycles. The van der Waals surface area contributed by atoms with Crippen molar-refractivity contribution in [3.8, 4) is 0 Å². The van der Waals surface area contributed by atoms with Gasteiger partial charge < -0.3 is 9.59 Å². The van der Waals surface area contributed by atoms with Crippen LogP contribution in [0.2, 0.25) is 6.55 Å². The normalized spacial score (nSPS) is 12.0. The van der Waals surface area contributed by atoms with Crippen LogP contribution < -0.4 is 5.48 Å². The summed E-state index contributed by atoms with van der Waals surface area (Å²) in [4.78, 5) is 17.3. The Labute approximate surface area is 55.8 Å². The van der Waals surface area contributed by atoms with E-state index in [9.17, 15) is 0 Å². The van der Waals surface area contributed by atoms with Crippen molar-refractivity contribution in [3.63, 3.8) is 0 Å². The third-order valence-corrected chi connectivity index (χ3v) is 1.15. The molecule has 3 N–H and O–H groups in total. The highest BCUT2D eigenvalue weighted by Gasteiger charge is 2.23. The van der Waals surface area contributed by atoms with E-state index in [0.29, 0.717) is 6.54 Å². The first-order chi connectivity index (χ1) is 4.06. The lowest BCUT2D eigenvalue weighted by Gasteiger charge is -2.11. The van der Waals surface area contributed by atoms with Gasteiger partial charge >= 0.3 is 8.80 Å². The maximum Gasteiger partial charge on any atom is 0.509 e. The zero-order chi connectivity index (χ0) is 7.33. The minimum Gasteiger partial charge on any atom is -0.389 e. The lowest BCUT2D eigenvalue weighted by atomic mass is 10.5. The zero-order valence-electron chi connectivity index (χ0n) is 5.72. The van der Waals surface area contributed by atoms with Crippen molar-refractivity contribution < 1.29 is 14.1 Å². The van der Waals surface area contributed by atoms with Crippen molar-refractivity contribution in [2.45, 2.75) is 19.9 Å². The number of hydrogen-bond acceptors (Lipinski definition) is 4. The first-order valence-electron chi connectivity index (χ1n) is 2.92. The summed E-state index contributed by atoms with van der Waals surface area (Å²) in [6.07, 6.45) is 0.907. The third-order valence-electron chi connectivity index (χ3n) is 0.618. The molecule has 0 aromatic heterocycles. The number of rotatable bonds is 4. The maximum absolute atomic E-state index is 8.65. The second-order valence-electron chi connectivity index (χ2n) is 1.93. The van der Waals surface area contributed by atoms with Crippen molar-refractivity contribution >= 4 is 8.80 Å². The van der Waals surface area contributed by atoms with Crippen LogP contribution in [0.4, 0.5) is 0 Å². The van der Waals surface area contributed by atoms with Crippen molar-refractivity contribution in [1.29, 1.82) is 0 Å². The molecule has 0 saturated heterocycles. The molecule has 0 amide bonds. The molecule has 0 fully saturated rings. The first kappa shape index (κ1) is 9.06. The maximum atomic E-state index is 8.65. The van der Waals surface area contributed by atoms with Crippen LogP contribution in [0.3, 0.4) is 0 Å². The second kappa shape index (κ2) is 3.97. The lowest BCUT2D eigenvalue weighted by Crippen LogP contribution is -2.40. The molecule has 0 aromatic rings. The SMILES string of the molecule is CCCNO[Si](C)(O)O. The van der Waals surface area contributed by atoms with E-state index in [1.54, 1.807) is 0 Å². The molecule has 0 bridgehead atoms. The Bertz CT molecular complexity index is 72.7. The van der Waals surface area contributed by atoms with Gasteiger partial charge in [0.05, 0.1) is 0 Å². The summed E-state index contributed by atoms with van der Waals surface area (Å²) in [5, 5.41) is 0.